The lowest BCUT2D eigenvalue weighted by molar-refractivity contribution is -0.134. The first-order valence-corrected chi connectivity index (χ1v) is 7.06. The van der Waals surface area contributed by atoms with Crippen molar-refractivity contribution >= 4 is 11.8 Å². The van der Waals surface area contributed by atoms with Crippen LogP contribution in [0.15, 0.2) is 0 Å². The zero-order chi connectivity index (χ0) is 13.3. The summed E-state index contributed by atoms with van der Waals surface area (Å²) >= 11 is 0. The number of nitrogens with one attached hydrogen (secondary N) is 1. The molecule has 0 aromatic rings. The van der Waals surface area contributed by atoms with Crippen molar-refractivity contribution in [3.8, 4) is 0 Å². The highest BCUT2D eigenvalue weighted by Crippen LogP contribution is 2.52. The fourth-order valence-electron chi connectivity index (χ4n) is 2.79. The highest BCUT2D eigenvalue weighted by Gasteiger charge is 2.47. The quantitative estimate of drug-likeness (QED) is 0.825. The number of carbonyl (C=O) groups excluding carboxylic acids is 2. The molecule has 4 heteroatoms. The number of rotatable bonds is 4. The molecule has 102 valence electrons. The van der Waals surface area contributed by atoms with Crippen LogP contribution in [0.2, 0.25) is 0 Å². The molecule has 1 aliphatic carbocycles. The number of carbonyl (C=O) groups is 2. The molecular formula is C14H24N2O2. The minimum absolute atomic E-state index is 0.00657. The van der Waals surface area contributed by atoms with Crippen molar-refractivity contribution in [3.05, 3.63) is 0 Å². The van der Waals surface area contributed by atoms with Crippen LogP contribution in [-0.4, -0.2) is 35.8 Å². The van der Waals surface area contributed by atoms with Gasteiger partial charge in [0, 0.05) is 19.5 Å². The lowest BCUT2D eigenvalue weighted by Crippen LogP contribution is -2.46. The predicted molar refractivity (Wildman–Crippen MR) is 69.9 cm³/mol. The lowest BCUT2D eigenvalue weighted by atomic mass is 9.91. The molecule has 1 saturated carbocycles. The normalized spacial score (nSPS) is 27.1. The minimum Gasteiger partial charge on any atom is -0.344 e. The van der Waals surface area contributed by atoms with Gasteiger partial charge in [0.25, 0.3) is 0 Å². The van der Waals surface area contributed by atoms with Crippen molar-refractivity contribution in [1.29, 1.82) is 0 Å². The highest BCUT2D eigenvalue weighted by atomic mass is 16.2. The Bertz CT molecular complexity index is 348. The second kappa shape index (κ2) is 4.90. The molecule has 0 aromatic heterocycles. The summed E-state index contributed by atoms with van der Waals surface area (Å²) in [6.07, 6.45) is 3.55. The van der Waals surface area contributed by atoms with Crippen LogP contribution in [0.4, 0.5) is 0 Å². The largest absolute Gasteiger partial charge is 0.344 e. The average molecular weight is 252 g/mol. The molecule has 1 N–H and O–H groups in total. The van der Waals surface area contributed by atoms with Gasteiger partial charge in [-0.25, -0.2) is 0 Å². The van der Waals surface area contributed by atoms with Crippen molar-refractivity contribution < 1.29 is 9.59 Å². The summed E-state index contributed by atoms with van der Waals surface area (Å²) in [5, 5.41) is 2.81. The van der Waals surface area contributed by atoms with E-state index in [2.05, 4.69) is 19.2 Å². The lowest BCUT2D eigenvalue weighted by Gasteiger charge is -2.30. The van der Waals surface area contributed by atoms with E-state index >= 15 is 0 Å². The maximum Gasteiger partial charge on any atom is 0.245 e. The molecular weight excluding hydrogens is 228 g/mol. The molecule has 2 fully saturated rings. The van der Waals surface area contributed by atoms with Crippen LogP contribution in [0.5, 0.6) is 0 Å². The van der Waals surface area contributed by atoms with Gasteiger partial charge >= 0.3 is 0 Å². The molecule has 0 aromatic carbocycles. The molecule has 1 aliphatic heterocycles. The molecule has 2 aliphatic rings. The van der Waals surface area contributed by atoms with Crippen LogP contribution >= 0.6 is 0 Å². The number of hydrogen-bond acceptors (Lipinski definition) is 2. The van der Waals surface area contributed by atoms with Crippen molar-refractivity contribution in [2.24, 2.45) is 11.3 Å². The minimum atomic E-state index is -0.317. The summed E-state index contributed by atoms with van der Waals surface area (Å²) in [5.41, 5.74) is 0.321. The van der Waals surface area contributed by atoms with Gasteiger partial charge in [0.1, 0.15) is 6.04 Å². The van der Waals surface area contributed by atoms with Gasteiger partial charge in [0.15, 0.2) is 0 Å². The summed E-state index contributed by atoms with van der Waals surface area (Å²) < 4.78 is 0. The second-order valence-electron chi connectivity index (χ2n) is 6.06. The Hall–Kier alpha value is -1.06. The van der Waals surface area contributed by atoms with Crippen LogP contribution in [0.25, 0.3) is 0 Å². The average Bonchev–Trinajstić information content (AvgIpc) is 3.11. The third kappa shape index (κ3) is 2.52. The first kappa shape index (κ1) is 13.4. The predicted octanol–water partition coefficient (Wildman–Crippen LogP) is 1.55. The summed E-state index contributed by atoms with van der Waals surface area (Å²) in [7, 11) is 0. The molecule has 2 amide bonds. The van der Waals surface area contributed by atoms with Gasteiger partial charge in [-0.1, -0.05) is 20.8 Å². The Morgan fingerprint density at radius 3 is 2.56 bits per heavy atom. The van der Waals surface area contributed by atoms with Crippen molar-refractivity contribution in [2.45, 2.75) is 52.5 Å². The Labute approximate surface area is 109 Å². The first-order chi connectivity index (χ1) is 8.48. The molecule has 0 bridgehead atoms. The van der Waals surface area contributed by atoms with Gasteiger partial charge in [-0.2, -0.15) is 0 Å². The monoisotopic (exact) mass is 252 g/mol. The Morgan fingerprint density at radius 2 is 2.06 bits per heavy atom. The van der Waals surface area contributed by atoms with Crippen LogP contribution in [-0.2, 0) is 9.59 Å². The molecule has 1 heterocycles. The summed E-state index contributed by atoms with van der Waals surface area (Å²) in [5.74, 6) is 0.722. The van der Waals surface area contributed by atoms with Crippen LogP contribution in [0.1, 0.15) is 46.5 Å². The fourth-order valence-corrected chi connectivity index (χ4v) is 2.79. The van der Waals surface area contributed by atoms with Gasteiger partial charge in [0.05, 0.1) is 0 Å². The molecule has 0 spiro atoms. The Balaban J connectivity index is 2.07. The van der Waals surface area contributed by atoms with Gasteiger partial charge in [-0.05, 0) is 30.6 Å². The summed E-state index contributed by atoms with van der Waals surface area (Å²) in [6.45, 7) is 7.82. The molecule has 0 radical (unpaired) electrons. The van der Waals surface area contributed by atoms with E-state index in [4.69, 9.17) is 0 Å². The van der Waals surface area contributed by atoms with E-state index in [0.717, 1.165) is 6.54 Å². The first-order valence-electron chi connectivity index (χ1n) is 7.06. The number of hydrogen-bond donors (Lipinski definition) is 1. The second-order valence-corrected chi connectivity index (χ2v) is 6.06. The standard InChI is InChI=1S/C14H24N2O2/c1-4-11-13(18)16(8-5-12(17)15-11)9-14(6-7-14)10(2)3/h10-11H,4-9H2,1-3H3,(H,15,17). The summed E-state index contributed by atoms with van der Waals surface area (Å²) in [4.78, 5) is 25.8. The SMILES string of the molecule is CCC1NC(=O)CCN(CC2(C(C)C)CC2)C1=O. The van der Waals surface area contributed by atoms with E-state index in [9.17, 15) is 9.59 Å². The third-order valence-corrected chi connectivity index (χ3v) is 4.58. The van der Waals surface area contributed by atoms with E-state index < -0.39 is 0 Å². The van der Waals surface area contributed by atoms with Gasteiger partial charge in [0.2, 0.25) is 11.8 Å². The van der Waals surface area contributed by atoms with Crippen LogP contribution in [0.3, 0.4) is 0 Å². The molecule has 1 saturated heterocycles. The van der Waals surface area contributed by atoms with Gasteiger partial charge in [-0.15, -0.1) is 0 Å². The van der Waals surface area contributed by atoms with Crippen molar-refractivity contribution in [1.82, 2.24) is 10.2 Å². The molecule has 2 rings (SSSR count). The van der Waals surface area contributed by atoms with Crippen LogP contribution in [0, 0.1) is 11.3 Å². The van der Waals surface area contributed by atoms with E-state index in [1.54, 1.807) is 0 Å². The van der Waals surface area contributed by atoms with E-state index in [1.807, 2.05) is 11.8 Å². The molecule has 1 unspecified atom stereocenters. The molecule has 4 nitrogen and oxygen atoms in total. The maximum absolute atomic E-state index is 12.4. The van der Waals surface area contributed by atoms with Crippen molar-refractivity contribution in [3.63, 3.8) is 0 Å². The van der Waals surface area contributed by atoms with Gasteiger partial charge in [-0.3, -0.25) is 9.59 Å². The van der Waals surface area contributed by atoms with Crippen LogP contribution < -0.4 is 5.32 Å². The third-order valence-electron chi connectivity index (χ3n) is 4.58. The summed E-state index contributed by atoms with van der Waals surface area (Å²) in [6, 6.07) is -0.317. The van der Waals surface area contributed by atoms with E-state index in [0.29, 0.717) is 30.7 Å². The topological polar surface area (TPSA) is 49.4 Å². The molecule has 18 heavy (non-hydrogen) atoms. The smallest absolute Gasteiger partial charge is 0.245 e. The van der Waals surface area contributed by atoms with Gasteiger partial charge < -0.3 is 10.2 Å². The maximum atomic E-state index is 12.4. The highest BCUT2D eigenvalue weighted by molar-refractivity contribution is 5.89. The Morgan fingerprint density at radius 1 is 1.39 bits per heavy atom. The number of nitrogens with zero attached hydrogens (tertiary/aromatic N) is 1. The Kier molecular flexibility index (Phi) is 3.64. The molecule has 1 atom stereocenters. The van der Waals surface area contributed by atoms with E-state index in [1.165, 1.54) is 12.8 Å². The fraction of sp³-hybridized carbons (Fsp3) is 0.857. The number of amides is 2. The van der Waals surface area contributed by atoms with E-state index in [-0.39, 0.29) is 17.9 Å². The zero-order valence-corrected chi connectivity index (χ0v) is 11.7. The zero-order valence-electron chi connectivity index (χ0n) is 11.7. The van der Waals surface area contributed by atoms with Crippen molar-refractivity contribution in [2.75, 3.05) is 13.1 Å².